The van der Waals surface area contributed by atoms with E-state index in [1.807, 2.05) is 6.92 Å². The summed E-state index contributed by atoms with van der Waals surface area (Å²) in [6.07, 6.45) is 0. The summed E-state index contributed by atoms with van der Waals surface area (Å²) < 4.78 is 14.7. The van der Waals surface area contributed by atoms with E-state index < -0.39 is 5.82 Å². The summed E-state index contributed by atoms with van der Waals surface area (Å²) in [6, 6.07) is 6.19. The maximum atomic E-state index is 13.2. The van der Waals surface area contributed by atoms with Crippen molar-refractivity contribution < 1.29 is 4.39 Å². The second-order valence-corrected chi connectivity index (χ2v) is 4.71. The molecule has 0 radical (unpaired) electrons. The Balaban J connectivity index is 2.15. The van der Waals surface area contributed by atoms with E-state index in [-0.39, 0.29) is 11.3 Å². The fraction of sp³-hybridized carbons (Fsp3) is 0.250. The molecular formula is C12H11FN4OS. The van der Waals surface area contributed by atoms with Gasteiger partial charge in [-0.05, 0) is 24.6 Å². The molecule has 0 spiro atoms. The van der Waals surface area contributed by atoms with Crippen LogP contribution in [0.2, 0.25) is 0 Å². The van der Waals surface area contributed by atoms with Gasteiger partial charge in [-0.25, -0.2) is 14.3 Å². The van der Waals surface area contributed by atoms with Crippen LogP contribution in [0.15, 0.2) is 28.2 Å². The van der Waals surface area contributed by atoms with Crippen LogP contribution in [-0.4, -0.2) is 14.8 Å². The number of nitrogens with one attached hydrogen (secondary N) is 1. The number of benzene rings is 1. The van der Waals surface area contributed by atoms with Crippen molar-refractivity contribution in [1.29, 1.82) is 5.26 Å². The van der Waals surface area contributed by atoms with Gasteiger partial charge in [0.25, 0.3) is 0 Å². The number of aromatic amines is 1. The summed E-state index contributed by atoms with van der Waals surface area (Å²) in [5.41, 5.74) is 0.580. The molecule has 1 heterocycles. The Morgan fingerprint density at radius 2 is 2.37 bits per heavy atom. The van der Waals surface area contributed by atoms with E-state index in [0.29, 0.717) is 17.5 Å². The molecule has 0 bridgehead atoms. The van der Waals surface area contributed by atoms with Crippen LogP contribution in [-0.2, 0) is 12.3 Å². The zero-order valence-electron chi connectivity index (χ0n) is 10.2. The molecule has 2 rings (SSSR count). The van der Waals surface area contributed by atoms with Crippen LogP contribution in [0.3, 0.4) is 0 Å². The van der Waals surface area contributed by atoms with Gasteiger partial charge >= 0.3 is 5.69 Å². The van der Waals surface area contributed by atoms with Gasteiger partial charge in [0, 0.05) is 12.3 Å². The van der Waals surface area contributed by atoms with Crippen LogP contribution in [0.1, 0.15) is 18.1 Å². The average molecular weight is 278 g/mol. The molecule has 0 aliphatic rings. The number of rotatable bonds is 4. The second kappa shape index (κ2) is 5.71. The number of hydrogen-bond acceptors (Lipinski definition) is 4. The van der Waals surface area contributed by atoms with E-state index in [4.69, 9.17) is 5.26 Å². The molecule has 0 saturated heterocycles. The number of nitriles is 1. The predicted molar refractivity (Wildman–Crippen MR) is 69.2 cm³/mol. The maximum absolute atomic E-state index is 13.2. The first-order valence-corrected chi connectivity index (χ1v) is 6.60. The highest BCUT2D eigenvalue weighted by Gasteiger charge is 2.08. The lowest BCUT2D eigenvalue weighted by molar-refractivity contribution is 0.623. The highest BCUT2D eigenvalue weighted by Crippen LogP contribution is 2.21. The van der Waals surface area contributed by atoms with Crippen LogP contribution >= 0.6 is 11.8 Å². The molecule has 0 unspecified atom stereocenters. The zero-order valence-corrected chi connectivity index (χ0v) is 11.0. The summed E-state index contributed by atoms with van der Waals surface area (Å²) in [4.78, 5) is 11.4. The normalized spacial score (nSPS) is 10.4. The third-order valence-corrected chi connectivity index (χ3v) is 3.61. The third kappa shape index (κ3) is 2.85. The van der Waals surface area contributed by atoms with Crippen LogP contribution in [0.25, 0.3) is 0 Å². The molecule has 2 aromatic rings. The molecule has 0 amide bonds. The molecule has 19 heavy (non-hydrogen) atoms. The van der Waals surface area contributed by atoms with Crippen molar-refractivity contribution in [3.8, 4) is 6.07 Å². The fourth-order valence-corrected chi connectivity index (χ4v) is 2.54. The minimum atomic E-state index is -0.526. The molecule has 1 aromatic heterocycles. The van der Waals surface area contributed by atoms with Crippen molar-refractivity contribution in [3.63, 3.8) is 0 Å². The molecule has 0 saturated carbocycles. The van der Waals surface area contributed by atoms with Crippen molar-refractivity contribution in [2.45, 2.75) is 24.4 Å². The van der Waals surface area contributed by atoms with Gasteiger partial charge in [0.15, 0.2) is 5.16 Å². The second-order valence-electron chi connectivity index (χ2n) is 3.77. The van der Waals surface area contributed by atoms with Crippen LogP contribution < -0.4 is 5.69 Å². The number of aromatic nitrogens is 3. The van der Waals surface area contributed by atoms with Gasteiger partial charge in [0.2, 0.25) is 0 Å². The molecule has 0 aliphatic carbocycles. The van der Waals surface area contributed by atoms with Gasteiger partial charge in [0.05, 0.1) is 5.56 Å². The highest BCUT2D eigenvalue weighted by atomic mass is 32.2. The standard InChI is InChI=1S/C12H11FN4OS/c1-2-17-11(18)15-16-12(17)19-7-8-3-4-10(13)9(5-8)6-14/h3-5H,2,7H2,1H3,(H,15,18). The minimum Gasteiger partial charge on any atom is -0.270 e. The summed E-state index contributed by atoms with van der Waals surface area (Å²) in [6.45, 7) is 2.39. The lowest BCUT2D eigenvalue weighted by Crippen LogP contribution is -2.16. The first-order valence-electron chi connectivity index (χ1n) is 5.62. The quantitative estimate of drug-likeness (QED) is 0.867. The van der Waals surface area contributed by atoms with E-state index in [2.05, 4.69) is 10.2 Å². The average Bonchev–Trinajstić information content (AvgIpc) is 2.78. The monoisotopic (exact) mass is 278 g/mol. The Morgan fingerprint density at radius 3 is 3.05 bits per heavy atom. The van der Waals surface area contributed by atoms with E-state index in [1.54, 1.807) is 12.1 Å². The Kier molecular flexibility index (Phi) is 4.02. The first-order chi connectivity index (χ1) is 9.15. The predicted octanol–water partition coefficient (Wildman–Crippen LogP) is 1.89. The molecule has 98 valence electrons. The third-order valence-electron chi connectivity index (χ3n) is 2.56. The Bertz CT molecular complexity index is 686. The van der Waals surface area contributed by atoms with E-state index in [9.17, 15) is 9.18 Å². The molecule has 0 aliphatic heterocycles. The van der Waals surface area contributed by atoms with Crippen molar-refractivity contribution in [2.75, 3.05) is 0 Å². The molecule has 5 nitrogen and oxygen atoms in total. The van der Waals surface area contributed by atoms with Gasteiger partial charge in [-0.15, -0.1) is 5.10 Å². The highest BCUT2D eigenvalue weighted by molar-refractivity contribution is 7.98. The Hall–Kier alpha value is -2.07. The zero-order chi connectivity index (χ0) is 13.8. The van der Waals surface area contributed by atoms with Gasteiger partial charge in [-0.3, -0.25) is 4.57 Å². The minimum absolute atomic E-state index is 0.0213. The van der Waals surface area contributed by atoms with E-state index in [1.165, 1.54) is 28.5 Å². The smallest absolute Gasteiger partial charge is 0.270 e. The number of nitrogens with zero attached hydrogens (tertiary/aromatic N) is 3. The van der Waals surface area contributed by atoms with Gasteiger partial charge < -0.3 is 0 Å². The summed E-state index contributed by atoms with van der Waals surface area (Å²) in [5, 5.41) is 15.6. The van der Waals surface area contributed by atoms with Crippen LogP contribution in [0.4, 0.5) is 4.39 Å². The Morgan fingerprint density at radius 1 is 1.58 bits per heavy atom. The largest absolute Gasteiger partial charge is 0.343 e. The van der Waals surface area contributed by atoms with Crippen LogP contribution in [0.5, 0.6) is 0 Å². The molecule has 7 heteroatoms. The lowest BCUT2D eigenvalue weighted by atomic mass is 10.1. The summed E-state index contributed by atoms with van der Waals surface area (Å²) in [5.74, 6) is -0.0133. The van der Waals surface area contributed by atoms with Gasteiger partial charge in [-0.1, -0.05) is 17.8 Å². The van der Waals surface area contributed by atoms with Crippen molar-refractivity contribution in [3.05, 3.63) is 45.6 Å². The molecule has 1 aromatic carbocycles. The molecule has 0 fully saturated rings. The maximum Gasteiger partial charge on any atom is 0.343 e. The first kappa shape index (κ1) is 13.4. The fourth-order valence-electron chi connectivity index (χ4n) is 1.59. The summed E-state index contributed by atoms with van der Waals surface area (Å²) >= 11 is 1.36. The van der Waals surface area contributed by atoms with Crippen LogP contribution in [0, 0.1) is 17.1 Å². The van der Waals surface area contributed by atoms with Crippen molar-refractivity contribution in [1.82, 2.24) is 14.8 Å². The van der Waals surface area contributed by atoms with Crippen molar-refractivity contribution >= 4 is 11.8 Å². The Labute approximate surface area is 113 Å². The SMILES string of the molecule is CCn1c(SCc2ccc(F)c(C#N)c2)n[nH]c1=O. The van der Waals surface area contributed by atoms with Crippen molar-refractivity contribution in [2.24, 2.45) is 0 Å². The summed E-state index contributed by atoms with van der Waals surface area (Å²) in [7, 11) is 0. The number of thioether (sulfide) groups is 1. The van der Waals surface area contributed by atoms with E-state index >= 15 is 0 Å². The molecular weight excluding hydrogens is 267 g/mol. The number of H-pyrrole nitrogens is 1. The number of halogens is 1. The molecule has 1 N–H and O–H groups in total. The lowest BCUT2D eigenvalue weighted by Gasteiger charge is -2.03. The van der Waals surface area contributed by atoms with Gasteiger partial charge in [-0.2, -0.15) is 5.26 Å². The van der Waals surface area contributed by atoms with Gasteiger partial charge in [0.1, 0.15) is 11.9 Å². The topological polar surface area (TPSA) is 74.5 Å². The number of hydrogen-bond donors (Lipinski definition) is 1. The van der Waals surface area contributed by atoms with E-state index in [0.717, 1.165) is 5.56 Å². The molecule has 0 atom stereocenters.